The molecular formula is C29H54O2S2. The van der Waals surface area contributed by atoms with Crippen molar-refractivity contribution in [1.82, 2.24) is 0 Å². The molecule has 2 aromatic rings. The molecule has 0 amide bonds. The van der Waals surface area contributed by atoms with E-state index in [2.05, 4.69) is 72.9 Å². The number of para-hydroxylation sites is 1. The number of aliphatic hydroxyl groups is 1. The summed E-state index contributed by atoms with van der Waals surface area (Å²) in [6.07, 6.45) is 6.39. The number of hydrogen-bond donors (Lipinski definition) is 4. The second kappa shape index (κ2) is 33.1. The highest BCUT2D eigenvalue weighted by Crippen LogP contribution is 2.15. The summed E-state index contributed by atoms with van der Waals surface area (Å²) in [6, 6.07) is 15.5. The predicted octanol–water partition coefficient (Wildman–Crippen LogP) is 9.43. The molecule has 0 heterocycles. The summed E-state index contributed by atoms with van der Waals surface area (Å²) in [6.45, 7) is 18.5. The Morgan fingerprint density at radius 3 is 1.27 bits per heavy atom. The van der Waals surface area contributed by atoms with Gasteiger partial charge in [0.1, 0.15) is 5.75 Å². The van der Waals surface area contributed by atoms with Crippen LogP contribution in [0.15, 0.2) is 53.4 Å². The van der Waals surface area contributed by atoms with Crippen LogP contribution in [0.2, 0.25) is 0 Å². The minimum absolute atomic E-state index is 0.116. The van der Waals surface area contributed by atoms with Gasteiger partial charge in [-0.15, -0.1) is 12.6 Å². The van der Waals surface area contributed by atoms with Crippen molar-refractivity contribution < 1.29 is 10.2 Å². The van der Waals surface area contributed by atoms with Gasteiger partial charge in [-0.3, -0.25) is 0 Å². The molecule has 0 saturated heterocycles. The maximum atomic E-state index is 9.11. The van der Waals surface area contributed by atoms with Gasteiger partial charge in [0.25, 0.3) is 0 Å². The van der Waals surface area contributed by atoms with Crippen LogP contribution in [0.4, 0.5) is 0 Å². The first-order chi connectivity index (χ1) is 15.7. The molecule has 33 heavy (non-hydrogen) atoms. The van der Waals surface area contributed by atoms with E-state index in [1.54, 1.807) is 13.0 Å². The van der Waals surface area contributed by atoms with Gasteiger partial charge in [-0.2, -0.15) is 12.6 Å². The predicted molar refractivity (Wildman–Crippen MR) is 159 cm³/mol. The van der Waals surface area contributed by atoms with Crippen LogP contribution < -0.4 is 0 Å². The summed E-state index contributed by atoms with van der Waals surface area (Å²) in [5, 5.41) is 17.5. The number of benzene rings is 2. The zero-order valence-corrected chi connectivity index (χ0v) is 24.7. The second-order valence-corrected chi connectivity index (χ2v) is 8.29. The van der Waals surface area contributed by atoms with Crippen LogP contribution >= 0.6 is 25.3 Å². The normalized spacial score (nSPS) is 9.45. The summed E-state index contributed by atoms with van der Waals surface area (Å²) >= 11 is 8.20. The van der Waals surface area contributed by atoms with Gasteiger partial charge in [0.15, 0.2) is 0 Å². The van der Waals surface area contributed by atoms with Gasteiger partial charge in [0.05, 0.1) is 6.10 Å². The van der Waals surface area contributed by atoms with Crippen molar-refractivity contribution in [1.29, 1.82) is 0 Å². The minimum atomic E-state index is -0.116. The smallest absolute Gasteiger partial charge is 0.118 e. The van der Waals surface area contributed by atoms with Gasteiger partial charge in [0, 0.05) is 4.90 Å². The lowest BCUT2D eigenvalue weighted by Gasteiger charge is -1.97. The average Bonchev–Trinajstić information content (AvgIpc) is 2.82. The number of aliphatic hydroxyl groups excluding tert-OH is 1. The first-order valence-corrected chi connectivity index (χ1v) is 13.6. The fourth-order valence-corrected chi connectivity index (χ4v) is 1.94. The van der Waals surface area contributed by atoms with Crippen LogP contribution in [0.3, 0.4) is 0 Å². The van der Waals surface area contributed by atoms with Gasteiger partial charge >= 0.3 is 0 Å². The fraction of sp³-hybridized carbons (Fsp3) is 0.586. The maximum absolute atomic E-state index is 9.11. The Bertz CT molecular complexity index is 552. The van der Waals surface area contributed by atoms with Crippen LogP contribution in [-0.2, 0) is 12.8 Å². The number of phenols is 1. The third-order valence-electron chi connectivity index (χ3n) is 3.56. The molecule has 2 rings (SSSR count). The number of thiol groups is 2. The number of aryl methyl sites for hydroxylation is 2. The highest BCUT2D eigenvalue weighted by molar-refractivity contribution is 7.80. The van der Waals surface area contributed by atoms with Crippen LogP contribution in [0.25, 0.3) is 0 Å². The first-order valence-electron chi connectivity index (χ1n) is 12.5. The van der Waals surface area contributed by atoms with Gasteiger partial charge < -0.3 is 10.2 Å². The van der Waals surface area contributed by atoms with Gasteiger partial charge in [-0.1, -0.05) is 105 Å². The molecule has 0 aromatic heterocycles. The van der Waals surface area contributed by atoms with Crippen LogP contribution in [-0.4, -0.2) is 22.1 Å². The number of aromatic hydroxyl groups is 1. The quantitative estimate of drug-likeness (QED) is 0.317. The Kier molecular flexibility index (Phi) is 39.2. The van der Waals surface area contributed by atoms with Crippen molar-refractivity contribution in [2.24, 2.45) is 0 Å². The second-order valence-electron chi connectivity index (χ2n) is 7.36. The van der Waals surface area contributed by atoms with E-state index in [0.717, 1.165) is 35.5 Å². The summed E-state index contributed by atoms with van der Waals surface area (Å²) in [7, 11) is 0. The molecule has 0 aliphatic heterocycles. The SMILES string of the molecule is CCC.CCC.CCC(C)O.CCCS.CCc1ccccc1O.CCc1ccccc1S. The Hall–Kier alpha value is -1.10. The van der Waals surface area contributed by atoms with Crippen LogP contribution in [0, 0.1) is 0 Å². The van der Waals surface area contributed by atoms with E-state index < -0.39 is 0 Å². The molecule has 0 saturated carbocycles. The van der Waals surface area contributed by atoms with Crippen molar-refractivity contribution in [3.05, 3.63) is 59.7 Å². The number of rotatable bonds is 4. The summed E-state index contributed by atoms with van der Waals surface area (Å²) in [5.41, 5.74) is 2.33. The van der Waals surface area contributed by atoms with E-state index in [1.807, 2.05) is 50.2 Å². The fourth-order valence-electron chi connectivity index (χ4n) is 1.62. The van der Waals surface area contributed by atoms with Crippen molar-refractivity contribution in [2.75, 3.05) is 5.75 Å². The molecule has 0 aliphatic rings. The number of hydrogen-bond acceptors (Lipinski definition) is 4. The average molecular weight is 499 g/mol. The molecule has 0 spiro atoms. The number of phenolic OH excluding ortho intramolecular Hbond substituents is 1. The largest absolute Gasteiger partial charge is 0.508 e. The topological polar surface area (TPSA) is 40.5 Å². The molecule has 0 aliphatic carbocycles. The lowest BCUT2D eigenvalue weighted by molar-refractivity contribution is 0.191. The lowest BCUT2D eigenvalue weighted by Crippen LogP contribution is -1.93. The monoisotopic (exact) mass is 498 g/mol. The van der Waals surface area contributed by atoms with Gasteiger partial charge in [-0.25, -0.2) is 0 Å². The highest BCUT2D eigenvalue weighted by Gasteiger charge is 1.92. The standard InChI is InChI=1S/C8H10O.C8H10S.C4H10O.C3H8S.2C3H8/c2*1-2-7-5-3-4-6-8(7)9;1-3-4(2)5;1-2-3-4;2*1-3-2/h2*3-6,9H,2H2,1H3;4-5H,3H2,1-2H3;4H,2-3H2,1H3;2*3H2,1-2H3. The van der Waals surface area contributed by atoms with E-state index in [0.29, 0.717) is 5.75 Å². The summed E-state index contributed by atoms with van der Waals surface area (Å²) in [5.74, 6) is 1.42. The van der Waals surface area contributed by atoms with E-state index in [1.165, 1.54) is 24.8 Å². The zero-order chi connectivity index (χ0) is 26.5. The van der Waals surface area contributed by atoms with Crippen molar-refractivity contribution in [3.8, 4) is 5.75 Å². The lowest BCUT2D eigenvalue weighted by atomic mass is 10.1. The third-order valence-corrected chi connectivity index (χ3v) is 4.44. The summed E-state index contributed by atoms with van der Waals surface area (Å²) < 4.78 is 0. The molecule has 2 N–H and O–H groups in total. The zero-order valence-electron chi connectivity index (χ0n) is 22.9. The molecule has 0 fully saturated rings. The van der Waals surface area contributed by atoms with E-state index in [4.69, 9.17) is 10.2 Å². The third kappa shape index (κ3) is 33.2. The van der Waals surface area contributed by atoms with Crippen molar-refractivity contribution >= 4 is 25.3 Å². The molecule has 2 nitrogen and oxygen atoms in total. The Labute approximate surface area is 218 Å². The van der Waals surface area contributed by atoms with Crippen LogP contribution in [0.5, 0.6) is 5.75 Å². The molecular weight excluding hydrogens is 444 g/mol. The minimum Gasteiger partial charge on any atom is -0.508 e. The van der Waals surface area contributed by atoms with E-state index >= 15 is 0 Å². The molecule has 1 unspecified atom stereocenters. The molecule has 4 heteroatoms. The molecule has 0 bridgehead atoms. The first kappa shape index (κ1) is 39.1. The maximum Gasteiger partial charge on any atom is 0.118 e. The van der Waals surface area contributed by atoms with Gasteiger partial charge in [0.2, 0.25) is 0 Å². The highest BCUT2D eigenvalue weighted by atomic mass is 32.1. The Balaban J connectivity index is -0.000000164. The molecule has 1 atom stereocenters. The molecule has 0 radical (unpaired) electrons. The Morgan fingerprint density at radius 1 is 0.727 bits per heavy atom. The summed E-state index contributed by atoms with van der Waals surface area (Å²) in [4.78, 5) is 1.10. The van der Waals surface area contributed by atoms with Gasteiger partial charge in [-0.05, 0) is 61.6 Å². The van der Waals surface area contributed by atoms with Crippen LogP contribution in [0.1, 0.15) is 99.1 Å². The molecule has 2 aromatic carbocycles. The van der Waals surface area contributed by atoms with Crippen molar-refractivity contribution in [3.63, 3.8) is 0 Å². The molecule has 194 valence electrons. The van der Waals surface area contributed by atoms with Crippen molar-refractivity contribution in [2.45, 2.75) is 112 Å². The Morgan fingerprint density at radius 2 is 1.06 bits per heavy atom. The van der Waals surface area contributed by atoms with E-state index in [-0.39, 0.29) is 6.10 Å². The van der Waals surface area contributed by atoms with E-state index in [9.17, 15) is 0 Å².